The van der Waals surface area contributed by atoms with Crippen molar-refractivity contribution in [1.82, 2.24) is 15.2 Å². The maximum Gasteiger partial charge on any atom is 0.272 e. The highest BCUT2D eigenvalue weighted by molar-refractivity contribution is 7.91. The SMILES string of the molecule is CCCCNC(=O)c1ccnc(C(=O)N(C)C2CCS(=O)(=O)C2)c1. The van der Waals surface area contributed by atoms with Gasteiger partial charge < -0.3 is 10.2 Å². The van der Waals surface area contributed by atoms with E-state index in [4.69, 9.17) is 0 Å². The quantitative estimate of drug-likeness (QED) is 0.766. The Kier molecular flexibility index (Phi) is 5.93. The van der Waals surface area contributed by atoms with Gasteiger partial charge in [0.15, 0.2) is 9.84 Å². The first-order valence-electron chi connectivity index (χ1n) is 8.06. The van der Waals surface area contributed by atoms with E-state index < -0.39 is 9.84 Å². The second-order valence-corrected chi connectivity index (χ2v) is 8.24. The summed E-state index contributed by atoms with van der Waals surface area (Å²) in [4.78, 5) is 30.0. The first-order chi connectivity index (χ1) is 11.3. The summed E-state index contributed by atoms with van der Waals surface area (Å²) in [6.07, 6.45) is 3.72. The Morgan fingerprint density at radius 2 is 2.17 bits per heavy atom. The van der Waals surface area contributed by atoms with Crippen LogP contribution in [0.5, 0.6) is 0 Å². The minimum atomic E-state index is -3.07. The molecule has 0 aliphatic carbocycles. The maximum absolute atomic E-state index is 12.5. The van der Waals surface area contributed by atoms with E-state index in [9.17, 15) is 18.0 Å². The smallest absolute Gasteiger partial charge is 0.272 e. The fraction of sp³-hybridized carbons (Fsp3) is 0.562. The maximum atomic E-state index is 12.5. The van der Waals surface area contributed by atoms with Crippen molar-refractivity contribution in [3.63, 3.8) is 0 Å². The molecule has 1 unspecified atom stereocenters. The van der Waals surface area contributed by atoms with Gasteiger partial charge in [-0.2, -0.15) is 0 Å². The molecule has 1 saturated heterocycles. The lowest BCUT2D eigenvalue weighted by Crippen LogP contribution is -2.38. The van der Waals surface area contributed by atoms with Crippen molar-refractivity contribution in [2.45, 2.75) is 32.2 Å². The van der Waals surface area contributed by atoms with Crippen LogP contribution in [-0.2, 0) is 9.84 Å². The molecule has 7 nitrogen and oxygen atoms in total. The fourth-order valence-corrected chi connectivity index (χ4v) is 4.37. The largest absolute Gasteiger partial charge is 0.352 e. The second kappa shape index (κ2) is 7.74. The van der Waals surface area contributed by atoms with Crippen LogP contribution in [0, 0.1) is 0 Å². The van der Waals surface area contributed by atoms with E-state index in [0.29, 0.717) is 18.5 Å². The molecule has 2 rings (SSSR count). The van der Waals surface area contributed by atoms with E-state index in [1.54, 1.807) is 13.1 Å². The minimum absolute atomic E-state index is 0.0214. The summed E-state index contributed by atoms with van der Waals surface area (Å²) in [5, 5.41) is 2.79. The van der Waals surface area contributed by atoms with Gasteiger partial charge in [0.25, 0.3) is 11.8 Å². The van der Waals surface area contributed by atoms with Crippen LogP contribution in [0.15, 0.2) is 18.3 Å². The third kappa shape index (κ3) is 4.53. The minimum Gasteiger partial charge on any atom is -0.352 e. The topological polar surface area (TPSA) is 96.4 Å². The van der Waals surface area contributed by atoms with E-state index in [2.05, 4.69) is 10.3 Å². The predicted molar refractivity (Wildman–Crippen MR) is 90.6 cm³/mol. The molecule has 1 aliphatic rings. The zero-order valence-corrected chi connectivity index (χ0v) is 14.8. The molecule has 132 valence electrons. The molecule has 0 bridgehead atoms. The number of rotatable bonds is 6. The Balaban J connectivity index is 2.07. The average Bonchev–Trinajstić information content (AvgIpc) is 2.93. The molecule has 1 atom stereocenters. The van der Waals surface area contributed by atoms with Crippen LogP contribution in [-0.4, -0.2) is 61.3 Å². The lowest BCUT2D eigenvalue weighted by atomic mass is 10.1. The lowest BCUT2D eigenvalue weighted by Gasteiger charge is -2.23. The number of carbonyl (C=O) groups is 2. The van der Waals surface area contributed by atoms with Crippen molar-refractivity contribution in [3.8, 4) is 0 Å². The van der Waals surface area contributed by atoms with Crippen molar-refractivity contribution in [2.24, 2.45) is 0 Å². The Morgan fingerprint density at radius 3 is 2.79 bits per heavy atom. The van der Waals surface area contributed by atoms with Gasteiger partial charge >= 0.3 is 0 Å². The molecule has 1 aromatic rings. The molecule has 8 heteroatoms. The number of nitrogens with zero attached hydrogens (tertiary/aromatic N) is 2. The van der Waals surface area contributed by atoms with Gasteiger partial charge in [0.05, 0.1) is 11.5 Å². The number of hydrogen-bond acceptors (Lipinski definition) is 5. The van der Waals surface area contributed by atoms with E-state index in [1.807, 2.05) is 6.92 Å². The Labute approximate surface area is 142 Å². The number of nitrogens with one attached hydrogen (secondary N) is 1. The number of sulfone groups is 1. The zero-order chi connectivity index (χ0) is 17.7. The highest BCUT2D eigenvalue weighted by Gasteiger charge is 2.33. The van der Waals surface area contributed by atoms with Crippen LogP contribution in [0.1, 0.15) is 47.0 Å². The second-order valence-electron chi connectivity index (χ2n) is 6.01. The van der Waals surface area contributed by atoms with Crippen molar-refractivity contribution < 1.29 is 18.0 Å². The van der Waals surface area contributed by atoms with Crippen LogP contribution in [0.3, 0.4) is 0 Å². The first-order valence-corrected chi connectivity index (χ1v) is 9.88. The van der Waals surface area contributed by atoms with Crippen molar-refractivity contribution >= 4 is 21.7 Å². The highest BCUT2D eigenvalue weighted by Crippen LogP contribution is 2.18. The molecular weight excluding hydrogens is 330 g/mol. The van der Waals surface area contributed by atoms with Crippen LogP contribution in [0.2, 0.25) is 0 Å². The summed E-state index contributed by atoms with van der Waals surface area (Å²) in [6, 6.07) is 2.66. The Morgan fingerprint density at radius 1 is 1.42 bits per heavy atom. The number of hydrogen-bond donors (Lipinski definition) is 1. The van der Waals surface area contributed by atoms with Gasteiger partial charge in [0.2, 0.25) is 0 Å². The summed E-state index contributed by atoms with van der Waals surface area (Å²) < 4.78 is 23.1. The van der Waals surface area contributed by atoms with Gasteiger partial charge in [0, 0.05) is 31.4 Å². The van der Waals surface area contributed by atoms with E-state index in [0.717, 1.165) is 12.8 Å². The molecule has 1 aliphatic heterocycles. The van der Waals surface area contributed by atoms with Gasteiger partial charge in [-0.05, 0) is 25.0 Å². The summed E-state index contributed by atoms with van der Waals surface area (Å²) >= 11 is 0. The van der Waals surface area contributed by atoms with Crippen LogP contribution < -0.4 is 5.32 Å². The van der Waals surface area contributed by atoms with Crippen molar-refractivity contribution in [3.05, 3.63) is 29.6 Å². The zero-order valence-electron chi connectivity index (χ0n) is 14.0. The molecular formula is C16H23N3O4S. The van der Waals surface area contributed by atoms with Gasteiger partial charge in [0.1, 0.15) is 5.69 Å². The molecule has 1 fully saturated rings. The van der Waals surface area contributed by atoms with E-state index in [1.165, 1.54) is 17.2 Å². The van der Waals surface area contributed by atoms with E-state index in [-0.39, 0.29) is 35.1 Å². The molecule has 0 saturated carbocycles. The first kappa shape index (κ1) is 18.4. The summed E-state index contributed by atoms with van der Waals surface area (Å²) in [5.74, 6) is -0.541. The molecule has 0 radical (unpaired) electrons. The highest BCUT2D eigenvalue weighted by atomic mass is 32.2. The Bertz CT molecular complexity index is 718. The van der Waals surface area contributed by atoms with E-state index >= 15 is 0 Å². The predicted octanol–water partition coefficient (Wildman–Crippen LogP) is 0.871. The normalized spacial score (nSPS) is 19.0. The van der Waals surface area contributed by atoms with Crippen LogP contribution in [0.4, 0.5) is 0 Å². The van der Waals surface area contributed by atoms with Crippen molar-refractivity contribution in [2.75, 3.05) is 25.1 Å². The molecule has 2 amide bonds. The molecule has 2 heterocycles. The summed E-state index contributed by atoms with van der Waals surface area (Å²) in [6.45, 7) is 2.62. The number of unbranched alkanes of at least 4 members (excludes halogenated alkanes) is 1. The average molecular weight is 353 g/mol. The fourth-order valence-electron chi connectivity index (χ4n) is 2.60. The van der Waals surface area contributed by atoms with Crippen LogP contribution >= 0.6 is 0 Å². The number of aromatic nitrogens is 1. The third-order valence-corrected chi connectivity index (χ3v) is 5.88. The van der Waals surface area contributed by atoms with Gasteiger partial charge in [-0.3, -0.25) is 14.6 Å². The van der Waals surface area contributed by atoms with Gasteiger partial charge in [-0.25, -0.2) is 8.42 Å². The molecule has 24 heavy (non-hydrogen) atoms. The van der Waals surface area contributed by atoms with Gasteiger partial charge in [-0.1, -0.05) is 13.3 Å². The molecule has 1 aromatic heterocycles. The Hall–Kier alpha value is -1.96. The molecule has 1 N–H and O–H groups in total. The summed E-state index contributed by atoms with van der Waals surface area (Å²) in [7, 11) is -1.50. The third-order valence-electron chi connectivity index (χ3n) is 4.13. The monoisotopic (exact) mass is 353 g/mol. The number of amides is 2. The van der Waals surface area contributed by atoms with Crippen LogP contribution in [0.25, 0.3) is 0 Å². The van der Waals surface area contributed by atoms with Crippen molar-refractivity contribution in [1.29, 1.82) is 0 Å². The molecule has 0 spiro atoms. The lowest BCUT2D eigenvalue weighted by molar-refractivity contribution is 0.0742. The standard InChI is InChI=1S/C16H23N3O4S/c1-3-4-7-18-15(20)12-5-8-17-14(10-12)16(21)19(2)13-6-9-24(22,23)11-13/h5,8,10,13H,3-4,6-7,9,11H2,1-2H3,(H,18,20). The number of carbonyl (C=O) groups excluding carboxylic acids is 2. The summed E-state index contributed by atoms with van der Waals surface area (Å²) in [5.41, 5.74) is 0.516. The van der Waals surface area contributed by atoms with Gasteiger partial charge in [-0.15, -0.1) is 0 Å². The number of pyridine rings is 1. The molecule has 0 aromatic carbocycles.